The van der Waals surface area contributed by atoms with Crippen LogP contribution in [0, 0.1) is 0 Å². The SMILES string of the molecule is FC(F)(F)CCNc1nc(Cl)ncc1Cl. The lowest BCUT2D eigenvalue weighted by molar-refractivity contribution is -0.131. The van der Waals surface area contributed by atoms with Crippen molar-refractivity contribution in [2.75, 3.05) is 11.9 Å². The number of hydrogen-bond acceptors (Lipinski definition) is 3. The molecule has 84 valence electrons. The van der Waals surface area contributed by atoms with Gasteiger partial charge in [0.2, 0.25) is 5.28 Å². The van der Waals surface area contributed by atoms with Crippen molar-refractivity contribution in [3.05, 3.63) is 16.5 Å². The summed E-state index contributed by atoms with van der Waals surface area (Å²) in [6, 6.07) is 0. The molecule has 1 rings (SSSR count). The smallest absolute Gasteiger partial charge is 0.368 e. The van der Waals surface area contributed by atoms with Crippen LogP contribution in [0.1, 0.15) is 6.42 Å². The summed E-state index contributed by atoms with van der Waals surface area (Å²) in [5.74, 6) is 0.0981. The predicted molar refractivity (Wildman–Crippen MR) is 51.2 cm³/mol. The van der Waals surface area contributed by atoms with Gasteiger partial charge in [-0.3, -0.25) is 0 Å². The van der Waals surface area contributed by atoms with E-state index in [-0.39, 0.29) is 22.7 Å². The number of alkyl halides is 3. The van der Waals surface area contributed by atoms with Crippen LogP contribution < -0.4 is 5.32 Å². The molecule has 1 N–H and O–H groups in total. The molecule has 0 bridgehead atoms. The molecule has 0 fully saturated rings. The monoisotopic (exact) mass is 259 g/mol. The van der Waals surface area contributed by atoms with Crippen molar-refractivity contribution in [2.24, 2.45) is 0 Å². The maximum Gasteiger partial charge on any atom is 0.390 e. The van der Waals surface area contributed by atoms with Gasteiger partial charge in [-0.15, -0.1) is 0 Å². The van der Waals surface area contributed by atoms with Crippen LogP contribution in [0.4, 0.5) is 19.0 Å². The molecule has 0 spiro atoms. The molecule has 15 heavy (non-hydrogen) atoms. The van der Waals surface area contributed by atoms with Gasteiger partial charge in [-0.25, -0.2) is 4.98 Å². The third kappa shape index (κ3) is 4.53. The van der Waals surface area contributed by atoms with Gasteiger partial charge in [-0.1, -0.05) is 11.6 Å². The first-order valence-corrected chi connectivity index (χ1v) is 4.63. The van der Waals surface area contributed by atoms with Gasteiger partial charge in [0.25, 0.3) is 0 Å². The third-order valence-electron chi connectivity index (χ3n) is 1.42. The molecule has 0 saturated carbocycles. The molecule has 0 amide bonds. The Balaban J connectivity index is 2.54. The second kappa shape index (κ2) is 4.85. The van der Waals surface area contributed by atoms with Crippen molar-refractivity contribution in [3.63, 3.8) is 0 Å². The Hall–Kier alpha value is -0.750. The Labute approximate surface area is 93.6 Å². The molecule has 0 saturated heterocycles. The van der Waals surface area contributed by atoms with E-state index in [0.717, 1.165) is 0 Å². The van der Waals surface area contributed by atoms with E-state index >= 15 is 0 Å². The van der Waals surface area contributed by atoms with Gasteiger partial charge < -0.3 is 5.32 Å². The number of anilines is 1. The van der Waals surface area contributed by atoms with Gasteiger partial charge in [0, 0.05) is 6.54 Å². The van der Waals surface area contributed by atoms with Gasteiger partial charge in [0.1, 0.15) is 10.8 Å². The average Bonchev–Trinajstić information content (AvgIpc) is 2.09. The zero-order valence-electron chi connectivity index (χ0n) is 7.28. The van der Waals surface area contributed by atoms with E-state index in [0.29, 0.717) is 0 Å². The van der Waals surface area contributed by atoms with Crippen LogP contribution in [0.5, 0.6) is 0 Å². The van der Waals surface area contributed by atoms with E-state index in [1.165, 1.54) is 6.20 Å². The standard InChI is InChI=1S/C7H6Cl2F3N3/c8-4-3-14-6(9)15-5(4)13-2-1-7(10,11)12/h3H,1-2H2,(H,13,14,15). The maximum atomic E-state index is 11.8. The molecule has 0 radical (unpaired) electrons. The Bertz CT molecular complexity index is 343. The van der Waals surface area contributed by atoms with Crippen LogP contribution in [0.3, 0.4) is 0 Å². The van der Waals surface area contributed by atoms with Crippen molar-refractivity contribution >= 4 is 29.0 Å². The van der Waals surface area contributed by atoms with Crippen molar-refractivity contribution in [3.8, 4) is 0 Å². The molecular formula is C7H6Cl2F3N3. The quantitative estimate of drug-likeness (QED) is 0.848. The van der Waals surface area contributed by atoms with Gasteiger partial charge in [-0.2, -0.15) is 18.2 Å². The predicted octanol–water partition coefficient (Wildman–Crippen LogP) is 3.15. The Kier molecular flexibility index (Phi) is 3.98. The zero-order valence-corrected chi connectivity index (χ0v) is 8.79. The molecule has 0 aliphatic carbocycles. The molecule has 0 atom stereocenters. The molecule has 1 aromatic rings. The van der Waals surface area contributed by atoms with E-state index in [1.807, 2.05) is 0 Å². The second-order valence-electron chi connectivity index (χ2n) is 2.63. The molecule has 3 nitrogen and oxygen atoms in total. The number of nitrogens with one attached hydrogen (secondary N) is 1. The number of nitrogens with zero attached hydrogens (tertiary/aromatic N) is 2. The lowest BCUT2D eigenvalue weighted by Gasteiger charge is -2.08. The molecule has 0 aliphatic rings. The highest BCUT2D eigenvalue weighted by Crippen LogP contribution is 2.22. The Morgan fingerprint density at radius 3 is 2.60 bits per heavy atom. The summed E-state index contributed by atoms with van der Waals surface area (Å²) in [6.07, 6.45) is -3.96. The molecule has 0 aliphatic heterocycles. The minimum Gasteiger partial charge on any atom is -0.368 e. The van der Waals surface area contributed by atoms with Gasteiger partial charge in [0.15, 0.2) is 0 Å². The number of aromatic nitrogens is 2. The summed E-state index contributed by atoms with van der Waals surface area (Å²) in [4.78, 5) is 7.19. The highest BCUT2D eigenvalue weighted by molar-refractivity contribution is 6.33. The largest absolute Gasteiger partial charge is 0.390 e. The van der Waals surface area contributed by atoms with Crippen molar-refractivity contribution in [1.29, 1.82) is 0 Å². The fourth-order valence-corrected chi connectivity index (χ4v) is 1.08. The van der Waals surface area contributed by atoms with E-state index in [1.54, 1.807) is 0 Å². The lowest BCUT2D eigenvalue weighted by atomic mass is 10.4. The fourth-order valence-electron chi connectivity index (χ4n) is 0.792. The lowest BCUT2D eigenvalue weighted by Crippen LogP contribution is -2.15. The van der Waals surface area contributed by atoms with E-state index in [9.17, 15) is 13.2 Å². The minimum atomic E-state index is -4.21. The third-order valence-corrected chi connectivity index (χ3v) is 1.87. The second-order valence-corrected chi connectivity index (χ2v) is 3.37. The number of halogens is 5. The molecule has 1 aromatic heterocycles. The van der Waals surface area contributed by atoms with Crippen LogP contribution in [-0.4, -0.2) is 22.7 Å². The normalized spacial score (nSPS) is 11.5. The summed E-state index contributed by atoms with van der Waals surface area (Å²) in [5, 5.41) is 2.47. The first kappa shape index (κ1) is 12.3. The maximum absolute atomic E-state index is 11.8. The van der Waals surface area contributed by atoms with Gasteiger partial charge in [-0.05, 0) is 11.6 Å². The molecule has 0 aromatic carbocycles. The summed E-state index contributed by atoms with van der Waals surface area (Å²) < 4.78 is 35.4. The van der Waals surface area contributed by atoms with E-state index < -0.39 is 12.6 Å². The summed E-state index contributed by atoms with van der Waals surface area (Å²) >= 11 is 11.1. The van der Waals surface area contributed by atoms with E-state index in [2.05, 4.69) is 15.3 Å². The highest BCUT2D eigenvalue weighted by Gasteiger charge is 2.26. The molecule has 1 heterocycles. The van der Waals surface area contributed by atoms with Gasteiger partial charge in [0.05, 0.1) is 12.6 Å². The van der Waals surface area contributed by atoms with Crippen LogP contribution >= 0.6 is 23.2 Å². The topological polar surface area (TPSA) is 37.8 Å². The van der Waals surface area contributed by atoms with Crippen molar-refractivity contribution < 1.29 is 13.2 Å². The number of rotatable bonds is 3. The summed E-state index contributed by atoms with van der Waals surface area (Å²) in [7, 11) is 0. The molecular weight excluding hydrogens is 254 g/mol. The highest BCUT2D eigenvalue weighted by atomic mass is 35.5. The van der Waals surface area contributed by atoms with Crippen molar-refractivity contribution in [1.82, 2.24) is 9.97 Å². The van der Waals surface area contributed by atoms with Gasteiger partial charge >= 0.3 is 6.18 Å². The Morgan fingerprint density at radius 1 is 1.33 bits per heavy atom. The fraction of sp³-hybridized carbons (Fsp3) is 0.429. The first-order chi connectivity index (χ1) is 6.88. The first-order valence-electron chi connectivity index (χ1n) is 3.87. The minimum absolute atomic E-state index is 0.0751. The molecule has 0 unspecified atom stereocenters. The van der Waals surface area contributed by atoms with Crippen LogP contribution in [-0.2, 0) is 0 Å². The van der Waals surface area contributed by atoms with Crippen LogP contribution in [0.15, 0.2) is 6.20 Å². The van der Waals surface area contributed by atoms with Crippen LogP contribution in [0.25, 0.3) is 0 Å². The zero-order chi connectivity index (χ0) is 11.5. The number of hydrogen-bond donors (Lipinski definition) is 1. The summed E-state index contributed by atoms with van der Waals surface area (Å²) in [5.41, 5.74) is 0. The van der Waals surface area contributed by atoms with E-state index in [4.69, 9.17) is 23.2 Å². The van der Waals surface area contributed by atoms with Crippen LogP contribution in [0.2, 0.25) is 10.3 Å². The molecule has 8 heteroatoms. The van der Waals surface area contributed by atoms with Crippen molar-refractivity contribution in [2.45, 2.75) is 12.6 Å². The Morgan fingerprint density at radius 2 is 2.00 bits per heavy atom. The summed E-state index contributed by atoms with van der Waals surface area (Å²) in [6.45, 7) is -0.309. The average molecular weight is 260 g/mol.